The minimum Gasteiger partial charge on any atom is -0.307 e. The average Bonchev–Trinajstić information content (AvgIpc) is 3.12. The molecule has 7 nitrogen and oxygen atoms in total. The zero-order chi connectivity index (χ0) is 16.0. The van der Waals surface area contributed by atoms with E-state index in [9.17, 15) is 4.79 Å². The number of anilines is 1. The normalized spacial score (nSPS) is 14.3. The van der Waals surface area contributed by atoms with Crippen LogP contribution in [-0.2, 0) is 13.6 Å². The molecule has 1 saturated carbocycles. The van der Waals surface area contributed by atoms with Crippen molar-refractivity contribution in [3.05, 3.63) is 35.8 Å². The molecule has 1 aliphatic rings. The van der Waals surface area contributed by atoms with Crippen LogP contribution in [0.15, 0.2) is 24.5 Å². The second-order valence-electron chi connectivity index (χ2n) is 6.11. The summed E-state index contributed by atoms with van der Waals surface area (Å²) in [6, 6.07) is 3.62. The van der Waals surface area contributed by atoms with Crippen LogP contribution < -0.4 is 5.32 Å². The topological polar surface area (TPSA) is 77.6 Å². The number of nitrogens with zero attached hydrogens (tertiary/aromatic N) is 5. The molecule has 1 aliphatic carbocycles. The van der Waals surface area contributed by atoms with Crippen molar-refractivity contribution >= 4 is 22.8 Å². The molecule has 1 N–H and O–H groups in total. The molecule has 0 aliphatic heterocycles. The maximum absolute atomic E-state index is 12.7. The summed E-state index contributed by atoms with van der Waals surface area (Å²) in [4.78, 5) is 17.2. The van der Waals surface area contributed by atoms with Crippen molar-refractivity contribution < 1.29 is 4.79 Å². The number of carbonyl (C=O) groups excluding carboxylic acids is 1. The molecule has 3 aromatic heterocycles. The van der Waals surface area contributed by atoms with Crippen LogP contribution in [0, 0.1) is 12.8 Å². The van der Waals surface area contributed by atoms with Gasteiger partial charge in [-0.05, 0) is 31.7 Å². The molecule has 0 bridgehead atoms. The molecule has 7 heteroatoms. The molecule has 0 unspecified atom stereocenters. The highest BCUT2D eigenvalue weighted by atomic mass is 16.1. The van der Waals surface area contributed by atoms with Crippen molar-refractivity contribution in [2.24, 2.45) is 13.0 Å². The summed E-state index contributed by atoms with van der Waals surface area (Å²) in [5.74, 6) is 1.26. The molecule has 1 amide bonds. The zero-order valence-corrected chi connectivity index (χ0v) is 13.2. The second kappa shape index (κ2) is 5.19. The van der Waals surface area contributed by atoms with Gasteiger partial charge in [0.1, 0.15) is 5.82 Å². The van der Waals surface area contributed by atoms with E-state index in [1.165, 1.54) is 12.8 Å². The van der Waals surface area contributed by atoms with E-state index in [4.69, 9.17) is 0 Å². The van der Waals surface area contributed by atoms with Gasteiger partial charge in [-0.1, -0.05) is 0 Å². The van der Waals surface area contributed by atoms with Gasteiger partial charge in [-0.15, -0.1) is 0 Å². The van der Waals surface area contributed by atoms with E-state index in [-0.39, 0.29) is 5.91 Å². The smallest absolute Gasteiger partial charge is 0.257 e. The Bertz CT molecular complexity index is 889. The van der Waals surface area contributed by atoms with Gasteiger partial charge in [0, 0.05) is 25.4 Å². The Morgan fingerprint density at radius 2 is 2.22 bits per heavy atom. The number of hydrogen-bond donors (Lipinski definition) is 1. The lowest BCUT2D eigenvalue weighted by molar-refractivity contribution is 0.102. The minimum absolute atomic E-state index is 0.161. The molecule has 0 saturated heterocycles. The van der Waals surface area contributed by atoms with Gasteiger partial charge in [-0.3, -0.25) is 9.48 Å². The average molecular weight is 310 g/mol. The SMILES string of the molecule is Cc1cc(C(=O)Nc2ccnn2CC2CC2)c2cnn(C)c2n1. The molecular formula is C16H18N6O. The summed E-state index contributed by atoms with van der Waals surface area (Å²) in [5, 5.41) is 12.2. The van der Waals surface area contributed by atoms with E-state index < -0.39 is 0 Å². The van der Waals surface area contributed by atoms with Crippen molar-refractivity contribution in [1.82, 2.24) is 24.5 Å². The molecule has 4 rings (SSSR count). The van der Waals surface area contributed by atoms with Crippen LogP contribution in [0.4, 0.5) is 5.82 Å². The standard InChI is InChI=1S/C16H18N6O/c1-10-7-12(13-8-18-21(2)15(13)19-10)16(23)20-14-5-6-17-22(14)9-11-3-4-11/h5-8,11H,3-4,9H2,1-2H3,(H,20,23). The number of aromatic nitrogens is 5. The van der Waals surface area contributed by atoms with E-state index in [1.807, 2.05) is 24.7 Å². The lowest BCUT2D eigenvalue weighted by Gasteiger charge is -2.09. The third kappa shape index (κ3) is 2.58. The molecule has 3 heterocycles. The summed E-state index contributed by atoms with van der Waals surface area (Å²) < 4.78 is 3.54. The van der Waals surface area contributed by atoms with Crippen LogP contribution in [0.25, 0.3) is 11.0 Å². The quantitative estimate of drug-likeness (QED) is 0.801. The van der Waals surface area contributed by atoms with E-state index in [0.29, 0.717) is 17.1 Å². The van der Waals surface area contributed by atoms with E-state index in [2.05, 4.69) is 20.5 Å². The van der Waals surface area contributed by atoms with Gasteiger partial charge >= 0.3 is 0 Å². The minimum atomic E-state index is -0.161. The molecular weight excluding hydrogens is 292 g/mol. The molecule has 0 spiro atoms. The van der Waals surface area contributed by atoms with Crippen molar-refractivity contribution in [2.75, 3.05) is 5.32 Å². The molecule has 0 atom stereocenters. The predicted octanol–water partition coefficient (Wildman–Crippen LogP) is 2.14. The van der Waals surface area contributed by atoms with Crippen molar-refractivity contribution in [3.8, 4) is 0 Å². The highest BCUT2D eigenvalue weighted by Crippen LogP contribution is 2.31. The maximum Gasteiger partial charge on any atom is 0.257 e. The predicted molar refractivity (Wildman–Crippen MR) is 86.2 cm³/mol. The van der Waals surface area contributed by atoms with Crippen molar-refractivity contribution in [2.45, 2.75) is 26.3 Å². The van der Waals surface area contributed by atoms with Crippen molar-refractivity contribution in [1.29, 1.82) is 0 Å². The van der Waals surface area contributed by atoms with Gasteiger partial charge in [-0.25, -0.2) is 9.67 Å². The Labute approximate surface area is 133 Å². The lowest BCUT2D eigenvalue weighted by Crippen LogP contribution is -2.17. The number of rotatable bonds is 4. The number of carbonyl (C=O) groups is 1. The number of fused-ring (bicyclic) bond motifs is 1. The first-order valence-electron chi connectivity index (χ1n) is 7.74. The van der Waals surface area contributed by atoms with Gasteiger partial charge in [0.15, 0.2) is 5.65 Å². The maximum atomic E-state index is 12.7. The monoisotopic (exact) mass is 310 g/mol. The van der Waals surface area contributed by atoms with Crippen LogP contribution in [0.1, 0.15) is 28.9 Å². The molecule has 0 radical (unpaired) electrons. The Kier molecular flexibility index (Phi) is 3.14. The largest absolute Gasteiger partial charge is 0.307 e. The lowest BCUT2D eigenvalue weighted by atomic mass is 10.1. The Balaban J connectivity index is 1.66. The zero-order valence-electron chi connectivity index (χ0n) is 13.2. The molecule has 23 heavy (non-hydrogen) atoms. The molecule has 0 aromatic carbocycles. The number of aryl methyl sites for hydroxylation is 2. The van der Waals surface area contributed by atoms with E-state index >= 15 is 0 Å². The van der Waals surface area contributed by atoms with Gasteiger partial charge in [0.2, 0.25) is 0 Å². The Morgan fingerprint density at radius 1 is 1.39 bits per heavy atom. The van der Waals surface area contributed by atoms with Gasteiger partial charge in [0.25, 0.3) is 5.91 Å². The number of hydrogen-bond acceptors (Lipinski definition) is 4. The highest BCUT2D eigenvalue weighted by Gasteiger charge is 2.23. The molecule has 118 valence electrons. The summed E-state index contributed by atoms with van der Waals surface area (Å²) in [7, 11) is 1.82. The number of nitrogens with one attached hydrogen (secondary N) is 1. The van der Waals surface area contributed by atoms with E-state index in [0.717, 1.165) is 23.4 Å². The van der Waals surface area contributed by atoms with Crippen molar-refractivity contribution in [3.63, 3.8) is 0 Å². The number of pyridine rings is 1. The van der Waals surface area contributed by atoms with Crippen LogP contribution in [0.5, 0.6) is 0 Å². The third-order valence-corrected chi connectivity index (χ3v) is 4.16. The Morgan fingerprint density at radius 3 is 3.00 bits per heavy atom. The first kappa shape index (κ1) is 13.9. The fourth-order valence-corrected chi connectivity index (χ4v) is 2.74. The summed E-state index contributed by atoms with van der Waals surface area (Å²) >= 11 is 0. The van der Waals surface area contributed by atoms with Gasteiger partial charge in [0.05, 0.1) is 23.3 Å². The van der Waals surface area contributed by atoms with Crippen LogP contribution in [-0.4, -0.2) is 30.5 Å². The molecule has 3 aromatic rings. The first-order chi connectivity index (χ1) is 11.1. The molecule has 1 fully saturated rings. The fraction of sp³-hybridized carbons (Fsp3) is 0.375. The van der Waals surface area contributed by atoms with Crippen LogP contribution in [0.2, 0.25) is 0 Å². The van der Waals surface area contributed by atoms with E-state index in [1.54, 1.807) is 23.1 Å². The van der Waals surface area contributed by atoms with Crippen LogP contribution in [0.3, 0.4) is 0 Å². The Hall–Kier alpha value is -2.70. The first-order valence-corrected chi connectivity index (χ1v) is 7.74. The second-order valence-corrected chi connectivity index (χ2v) is 6.11. The summed E-state index contributed by atoms with van der Waals surface area (Å²) in [6.07, 6.45) is 5.88. The highest BCUT2D eigenvalue weighted by molar-refractivity contribution is 6.11. The van der Waals surface area contributed by atoms with Gasteiger partial charge in [-0.2, -0.15) is 10.2 Å². The summed E-state index contributed by atoms with van der Waals surface area (Å²) in [5.41, 5.74) is 2.08. The van der Waals surface area contributed by atoms with Crippen LogP contribution >= 0.6 is 0 Å². The fourth-order valence-electron chi connectivity index (χ4n) is 2.74. The summed E-state index contributed by atoms with van der Waals surface area (Å²) in [6.45, 7) is 2.74. The number of amides is 1. The third-order valence-electron chi connectivity index (χ3n) is 4.16. The van der Waals surface area contributed by atoms with Gasteiger partial charge < -0.3 is 5.32 Å².